The monoisotopic (exact) mass is 544 g/mol. The largest absolute Gasteiger partial charge is 0.618 e. The lowest BCUT2D eigenvalue weighted by atomic mass is 9.98. The number of aromatic amines is 1. The van der Waals surface area contributed by atoms with Gasteiger partial charge in [-0.25, -0.2) is 9.78 Å². The summed E-state index contributed by atoms with van der Waals surface area (Å²) >= 11 is 6.28. The van der Waals surface area contributed by atoms with Crippen LogP contribution in [-0.4, -0.2) is 48.5 Å². The van der Waals surface area contributed by atoms with Crippen LogP contribution in [0, 0.1) is 5.21 Å². The van der Waals surface area contributed by atoms with E-state index in [1.165, 1.54) is 24.3 Å². The number of rotatable bonds is 5. The maximum Gasteiger partial charge on any atom is 0.411 e. The summed E-state index contributed by atoms with van der Waals surface area (Å²) < 4.78 is 6.79. The number of nitrogens with one attached hydrogen (secondary N) is 2. The van der Waals surface area contributed by atoms with Crippen molar-refractivity contribution in [3.63, 3.8) is 0 Å². The standard InChI is InChI=1S/C26H21ClN8O4/c1-39-25(36)30-19-5-2-15(3-6-19)21-12-28-24(31-21)26(37)9-8-16-10-17(13-35(38)23(16)26)20-11-18(27)4-7-22(20)34-14-29-32-33-34/h2-7,10-14,37H,8-9H2,1H3,(H,28,31)(H,30,36). The molecule has 3 heterocycles. The molecule has 0 bridgehead atoms. The Bertz CT molecular complexity index is 1690. The molecule has 0 radical (unpaired) electrons. The molecule has 0 saturated heterocycles. The van der Waals surface area contributed by atoms with E-state index in [2.05, 4.69) is 35.5 Å². The number of fused-ring (bicyclic) bond motifs is 1. The number of ether oxygens (including phenoxy) is 1. The molecule has 196 valence electrons. The SMILES string of the molecule is COC(=O)Nc1ccc(-c2cnc(C3(O)CCc4cc(-c5cc(Cl)ccc5-n5cnnn5)c[n+]([O-])c43)[nH]2)cc1. The van der Waals surface area contributed by atoms with Crippen molar-refractivity contribution in [3.05, 3.63) is 94.6 Å². The highest BCUT2D eigenvalue weighted by atomic mass is 35.5. The van der Waals surface area contributed by atoms with Gasteiger partial charge in [-0.2, -0.15) is 9.41 Å². The summed E-state index contributed by atoms with van der Waals surface area (Å²) in [5.74, 6) is 0.266. The fourth-order valence-electron chi connectivity index (χ4n) is 4.87. The number of carbonyl (C=O) groups is 1. The summed E-state index contributed by atoms with van der Waals surface area (Å²) in [6, 6.07) is 14.1. The fourth-order valence-corrected chi connectivity index (χ4v) is 5.04. The van der Waals surface area contributed by atoms with E-state index in [1.807, 2.05) is 6.07 Å². The lowest BCUT2D eigenvalue weighted by Gasteiger charge is -2.20. The summed E-state index contributed by atoms with van der Waals surface area (Å²) in [7, 11) is 1.29. The van der Waals surface area contributed by atoms with Crippen LogP contribution >= 0.6 is 11.6 Å². The van der Waals surface area contributed by atoms with Crippen molar-refractivity contribution in [1.29, 1.82) is 0 Å². The zero-order valence-electron chi connectivity index (χ0n) is 20.5. The van der Waals surface area contributed by atoms with Gasteiger partial charge in [0.1, 0.15) is 12.2 Å². The van der Waals surface area contributed by atoms with E-state index in [0.717, 1.165) is 5.56 Å². The van der Waals surface area contributed by atoms with Crippen LogP contribution in [0.4, 0.5) is 10.5 Å². The number of benzene rings is 2. The van der Waals surface area contributed by atoms with Crippen molar-refractivity contribution in [2.45, 2.75) is 18.4 Å². The van der Waals surface area contributed by atoms with E-state index in [0.29, 0.717) is 49.9 Å². The lowest BCUT2D eigenvalue weighted by Crippen LogP contribution is -2.42. The van der Waals surface area contributed by atoms with Crippen LogP contribution in [0.1, 0.15) is 23.5 Å². The van der Waals surface area contributed by atoms with Gasteiger partial charge in [0, 0.05) is 27.4 Å². The van der Waals surface area contributed by atoms with Gasteiger partial charge in [0.25, 0.3) is 0 Å². The molecule has 0 aliphatic heterocycles. The minimum atomic E-state index is -1.60. The van der Waals surface area contributed by atoms with Crippen molar-refractivity contribution < 1.29 is 19.4 Å². The Morgan fingerprint density at radius 1 is 1.23 bits per heavy atom. The first-order chi connectivity index (χ1) is 18.9. The molecule has 3 aromatic heterocycles. The van der Waals surface area contributed by atoms with Crippen molar-refractivity contribution in [2.24, 2.45) is 0 Å². The van der Waals surface area contributed by atoms with Crippen LogP contribution in [0.3, 0.4) is 0 Å². The van der Waals surface area contributed by atoms with E-state index >= 15 is 0 Å². The first-order valence-corrected chi connectivity index (χ1v) is 12.3. The second-order valence-corrected chi connectivity index (χ2v) is 9.48. The van der Waals surface area contributed by atoms with Crippen LogP contribution in [0.2, 0.25) is 5.02 Å². The predicted octanol–water partition coefficient (Wildman–Crippen LogP) is 3.37. The number of aryl methyl sites for hydroxylation is 1. The van der Waals surface area contributed by atoms with Gasteiger partial charge in [-0.15, -0.1) is 5.10 Å². The molecule has 12 nitrogen and oxygen atoms in total. The number of amides is 1. The number of nitrogens with zero attached hydrogens (tertiary/aromatic N) is 6. The molecular formula is C26H21ClN8O4. The molecule has 39 heavy (non-hydrogen) atoms. The maximum atomic E-state index is 13.4. The number of aliphatic hydroxyl groups is 1. The average molecular weight is 545 g/mol. The number of hydrogen-bond acceptors (Lipinski definition) is 8. The average Bonchev–Trinajstić information content (AvgIpc) is 3.70. The van der Waals surface area contributed by atoms with Crippen LogP contribution < -0.4 is 10.0 Å². The number of H-pyrrole nitrogens is 1. The van der Waals surface area contributed by atoms with E-state index < -0.39 is 11.7 Å². The maximum absolute atomic E-state index is 13.4. The Labute approximate surface area is 226 Å². The smallest absolute Gasteiger partial charge is 0.411 e. The number of pyridine rings is 1. The van der Waals surface area contributed by atoms with Gasteiger partial charge in [0.2, 0.25) is 11.3 Å². The van der Waals surface area contributed by atoms with Gasteiger partial charge in [0.05, 0.1) is 24.7 Å². The van der Waals surface area contributed by atoms with E-state index in [1.54, 1.807) is 48.7 Å². The summed E-state index contributed by atoms with van der Waals surface area (Å²) in [6.45, 7) is 0. The van der Waals surface area contributed by atoms with Gasteiger partial charge >= 0.3 is 6.09 Å². The Morgan fingerprint density at radius 2 is 2.05 bits per heavy atom. The third-order valence-electron chi connectivity index (χ3n) is 6.72. The molecule has 6 rings (SSSR count). The number of carbonyl (C=O) groups excluding carboxylic acids is 1. The third kappa shape index (κ3) is 4.35. The summed E-state index contributed by atoms with van der Waals surface area (Å²) in [5, 5.41) is 39.5. The number of hydrogen-bond donors (Lipinski definition) is 3. The topological polar surface area (TPSA) is 158 Å². The highest BCUT2D eigenvalue weighted by Crippen LogP contribution is 2.41. The number of tetrazole rings is 1. The van der Waals surface area contributed by atoms with Crippen molar-refractivity contribution in [3.8, 4) is 28.1 Å². The zero-order chi connectivity index (χ0) is 27.1. The van der Waals surface area contributed by atoms with Crippen LogP contribution in [-0.2, 0) is 16.8 Å². The highest BCUT2D eigenvalue weighted by Gasteiger charge is 2.48. The first kappa shape index (κ1) is 24.5. The van der Waals surface area contributed by atoms with Crippen LogP contribution in [0.25, 0.3) is 28.1 Å². The number of imidazole rings is 1. The minimum absolute atomic E-state index is 0.218. The van der Waals surface area contributed by atoms with E-state index in [9.17, 15) is 15.1 Å². The molecule has 1 atom stereocenters. The molecule has 1 aliphatic carbocycles. The highest BCUT2D eigenvalue weighted by molar-refractivity contribution is 6.31. The number of methoxy groups -OCH3 is 1. The second kappa shape index (κ2) is 9.49. The molecule has 0 fully saturated rings. The summed E-state index contributed by atoms with van der Waals surface area (Å²) in [6.07, 6.45) is 4.64. The Morgan fingerprint density at radius 3 is 2.79 bits per heavy atom. The third-order valence-corrected chi connectivity index (χ3v) is 6.95. The van der Waals surface area contributed by atoms with Crippen LogP contribution in [0.5, 0.6) is 0 Å². The van der Waals surface area contributed by atoms with Gasteiger partial charge in [-0.1, -0.05) is 23.7 Å². The Kier molecular flexibility index (Phi) is 5.97. The molecule has 1 unspecified atom stereocenters. The molecule has 0 spiro atoms. The second-order valence-electron chi connectivity index (χ2n) is 9.04. The number of aromatic nitrogens is 7. The molecule has 1 amide bonds. The van der Waals surface area contributed by atoms with Crippen LogP contribution in [0.15, 0.2) is 67.3 Å². The molecule has 1 aliphatic rings. The quantitative estimate of drug-likeness (QED) is 0.224. The van der Waals surface area contributed by atoms with Gasteiger partial charge in [-0.05, 0) is 65.2 Å². The number of anilines is 1. The summed E-state index contributed by atoms with van der Waals surface area (Å²) in [4.78, 5) is 19.0. The van der Waals surface area contributed by atoms with E-state index in [-0.39, 0.29) is 17.9 Å². The molecule has 5 aromatic rings. The zero-order valence-corrected chi connectivity index (χ0v) is 21.3. The molecule has 13 heteroatoms. The molecule has 0 saturated carbocycles. The molecular weight excluding hydrogens is 524 g/mol. The van der Waals surface area contributed by atoms with E-state index in [4.69, 9.17) is 11.6 Å². The predicted molar refractivity (Wildman–Crippen MR) is 140 cm³/mol. The van der Waals surface area contributed by atoms with Crippen molar-refractivity contribution >= 4 is 23.4 Å². The summed E-state index contributed by atoms with van der Waals surface area (Å²) in [5.41, 5.74) is 3.25. The molecule has 2 aromatic carbocycles. The van der Waals surface area contributed by atoms with Gasteiger partial charge in [0.15, 0.2) is 6.20 Å². The van der Waals surface area contributed by atoms with Crippen molar-refractivity contribution in [2.75, 3.05) is 12.4 Å². The minimum Gasteiger partial charge on any atom is -0.618 e. The fraction of sp³-hybridized carbons (Fsp3) is 0.154. The number of halogens is 1. The molecule has 3 N–H and O–H groups in total. The lowest BCUT2D eigenvalue weighted by molar-refractivity contribution is -0.620. The van der Waals surface area contributed by atoms with Crippen molar-refractivity contribution in [1.82, 2.24) is 30.2 Å². The van der Waals surface area contributed by atoms with Gasteiger partial charge in [-0.3, -0.25) is 5.32 Å². The Balaban J connectivity index is 1.33. The van der Waals surface area contributed by atoms with Gasteiger partial charge < -0.3 is 20.0 Å². The Hall–Kier alpha value is -4.81. The first-order valence-electron chi connectivity index (χ1n) is 11.9. The normalized spacial score (nSPS) is 16.2.